The number of hydrogen-bond donors (Lipinski definition) is 3. The van der Waals surface area contributed by atoms with Gasteiger partial charge in [0, 0.05) is 28.9 Å². The average Bonchev–Trinajstić information content (AvgIpc) is 3.10. The van der Waals surface area contributed by atoms with Crippen molar-refractivity contribution >= 4 is 28.6 Å². The minimum atomic E-state index is -0.515. The smallest absolute Gasteiger partial charge is 0.407 e. The fraction of sp³-hybridized carbons (Fsp3) is 0.167. The number of benzene rings is 1. The molecule has 0 atom stereocenters. The van der Waals surface area contributed by atoms with Crippen molar-refractivity contribution in [2.45, 2.75) is 13.5 Å². The molecule has 0 fully saturated rings. The van der Waals surface area contributed by atoms with Crippen molar-refractivity contribution < 1.29 is 14.3 Å². The number of H-pyrrole nitrogens is 1. The predicted octanol–water partition coefficient (Wildman–Crippen LogP) is 3.06. The average molecular weight is 338 g/mol. The maximum Gasteiger partial charge on any atom is 0.407 e. The van der Waals surface area contributed by atoms with Crippen LogP contribution in [0.15, 0.2) is 48.8 Å². The number of anilines is 1. The number of nitrogens with zero attached hydrogens (tertiary/aromatic N) is 1. The third kappa shape index (κ3) is 3.95. The standard InChI is InChI=1S/C18H18N4O3/c1-2-25-18(24)21-11-13-10-12(6-8-19-13)17(23)22-16-5-3-4-15-14(16)7-9-20-15/h3-10,20H,2,11H2,1H3,(H,21,24)(H,22,23). The number of carbonyl (C=O) groups is 2. The van der Waals surface area contributed by atoms with Crippen LogP contribution in [-0.2, 0) is 11.3 Å². The van der Waals surface area contributed by atoms with Gasteiger partial charge in [0.2, 0.25) is 0 Å². The number of pyridine rings is 1. The first-order valence-corrected chi connectivity index (χ1v) is 7.90. The number of rotatable bonds is 5. The number of aromatic nitrogens is 2. The van der Waals surface area contributed by atoms with E-state index in [-0.39, 0.29) is 12.5 Å². The highest BCUT2D eigenvalue weighted by atomic mass is 16.5. The Morgan fingerprint density at radius 3 is 2.96 bits per heavy atom. The topological polar surface area (TPSA) is 96.1 Å². The van der Waals surface area contributed by atoms with Crippen LogP contribution < -0.4 is 10.6 Å². The van der Waals surface area contributed by atoms with Crippen LogP contribution in [0.4, 0.5) is 10.5 Å². The normalized spacial score (nSPS) is 10.4. The van der Waals surface area contributed by atoms with Crippen molar-refractivity contribution in [2.24, 2.45) is 0 Å². The van der Waals surface area contributed by atoms with E-state index in [0.717, 1.165) is 16.6 Å². The first kappa shape index (κ1) is 16.5. The van der Waals surface area contributed by atoms with Gasteiger partial charge >= 0.3 is 6.09 Å². The van der Waals surface area contributed by atoms with Gasteiger partial charge in [-0.2, -0.15) is 0 Å². The maximum absolute atomic E-state index is 12.5. The van der Waals surface area contributed by atoms with Crippen LogP contribution in [0, 0.1) is 0 Å². The monoisotopic (exact) mass is 338 g/mol. The summed E-state index contributed by atoms with van der Waals surface area (Å²) in [6.45, 7) is 2.22. The zero-order chi connectivity index (χ0) is 17.6. The van der Waals surface area contributed by atoms with Crippen molar-refractivity contribution in [1.82, 2.24) is 15.3 Å². The lowest BCUT2D eigenvalue weighted by Crippen LogP contribution is -2.24. The van der Waals surface area contributed by atoms with E-state index in [0.29, 0.717) is 17.9 Å². The number of aromatic amines is 1. The fourth-order valence-electron chi connectivity index (χ4n) is 2.45. The summed E-state index contributed by atoms with van der Waals surface area (Å²) in [6.07, 6.45) is 2.85. The van der Waals surface area contributed by atoms with Gasteiger partial charge in [-0.15, -0.1) is 0 Å². The molecule has 2 aromatic heterocycles. The van der Waals surface area contributed by atoms with Gasteiger partial charge in [0.1, 0.15) is 0 Å². The summed E-state index contributed by atoms with van der Waals surface area (Å²) in [7, 11) is 0. The SMILES string of the molecule is CCOC(=O)NCc1cc(C(=O)Nc2cccc3[nH]ccc23)ccn1. The number of hydrogen-bond acceptors (Lipinski definition) is 4. The molecular weight excluding hydrogens is 320 g/mol. The highest BCUT2D eigenvalue weighted by molar-refractivity contribution is 6.08. The molecule has 0 aliphatic heterocycles. The van der Waals surface area contributed by atoms with Gasteiger partial charge in [-0.05, 0) is 37.3 Å². The molecule has 0 saturated carbocycles. The lowest BCUT2D eigenvalue weighted by Gasteiger charge is -2.08. The first-order chi connectivity index (χ1) is 12.2. The van der Waals surface area contributed by atoms with E-state index in [9.17, 15) is 9.59 Å². The van der Waals surface area contributed by atoms with Gasteiger partial charge in [-0.1, -0.05) is 6.07 Å². The Morgan fingerprint density at radius 2 is 2.12 bits per heavy atom. The van der Waals surface area contributed by atoms with Crippen LogP contribution in [0.3, 0.4) is 0 Å². The van der Waals surface area contributed by atoms with E-state index in [1.165, 1.54) is 6.20 Å². The van der Waals surface area contributed by atoms with Gasteiger partial charge < -0.3 is 20.4 Å². The number of amides is 2. The minimum absolute atomic E-state index is 0.188. The Morgan fingerprint density at radius 1 is 1.24 bits per heavy atom. The second-order valence-electron chi connectivity index (χ2n) is 5.31. The third-order valence-electron chi connectivity index (χ3n) is 3.61. The second kappa shape index (κ2) is 7.48. The lowest BCUT2D eigenvalue weighted by atomic mass is 10.2. The molecule has 2 amide bonds. The summed E-state index contributed by atoms with van der Waals surface area (Å²) in [4.78, 5) is 31.1. The molecule has 0 spiro atoms. The van der Waals surface area contributed by atoms with Crippen molar-refractivity contribution in [1.29, 1.82) is 0 Å². The Labute approximate surface area is 144 Å². The van der Waals surface area contributed by atoms with E-state index in [1.54, 1.807) is 19.1 Å². The molecule has 0 bridgehead atoms. The largest absolute Gasteiger partial charge is 0.450 e. The Hall–Kier alpha value is -3.35. The van der Waals surface area contributed by atoms with E-state index in [4.69, 9.17) is 4.74 Å². The molecule has 3 rings (SSSR count). The zero-order valence-corrected chi connectivity index (χ0v) is 13.7. The molecule has 0 saturated heterocycles. The number of ether oxygens (including phenoxy) is 1. The van der Waals surface area contributed by atoms with Crippen LogP contribution in [0.2, 0.25) is 0 Å². The molecule has 1 aromatic carbocycles. The van der Waals surface area contributed by atoms with Crippen LogP contribution in [-0.4, -0.2) is 28.6 Å². The molecule has 3 N–H and O–H groups in total. The van der Waals surface area contributed by atoms with Crippen molar-refractivity contribution in [3.05, 3.63) is 60.0 Å². The maximum atomic E-state index is 12.5. The van der Waals surface area contributed by atoms with Gasteiger partial charge in [0.15, 0.2) is 0 Å². The molecule has 3 aromatic rings. The summed E-state index contributed by atoms with van der Waals surface area (Å²) in [5.74, 6) is -0.242. The molecule has 7 nitrogen and oxygen atoms in total. The minimum Gasteiger partial charge on any atom is -0.450 e. The molecule has 0 aliphatic rings. The molecular formula is C18H18N4O3. The molecule has 0 aliphatic carbocycles. The van der Waals surface area contributed by atoms with E-state index in [1.807, 2.05) is 30.5 Å². The molecule has 128 valence electrons. The van der Waals surface area contributed by atoms with Gasteiger partial charge in [0.25, 0.3) is 5.91 Å². The Kier molecular flexibility index (Phi) is 4.94. The first-order valence-electron chi connectivity index (χ1n) is 7.90. The Bertz CT molecular complexity index is 904. The predicted molar refractivity (Wildman–Crippen MR) is 94.4 cm³/mol. The van der Waals surface area contributed by atoms with Crippen molar-refractivity contribution in [3.63, 3.8) is 0 Å². The molecule has 0 unspecified atom stereocenters. The number of carbonyl (C=O) groups excluding carboxylic acids is 2. The van der Waals surface area contributed by atoms with Crippen LogP contribution in [0.1, 0.15) is 23.0 Å². The summed E-state index contributed by atoms with van der Waals surface area (Å²) in [6, 6.07) is 10.8. The van der Waals surface area contributed by atoms with Crippen LogP contribution in [0.5, 0.6) is 0 Å². The summed E-state index contributed by atoms with van der Waals surface area (Å²) in [5, 5.41) is 6.42. The number of alkyl carbamates (subject to hydrolysis) is 1. The summed E-state index contributed by atoms with van der Waals surface area (Å²) >= 11 is 0. The Balaban J connectivity index is 1.71. The van der Waals surface area contributed by atoms with Crippen LogP contribution >= 0.6 is 0 Å². The van der Waals surface area contributed by atoms with Gasteiger partial charge in [-0.3, -0.25) is 9.78 Å². The number of nitrogens with one attached hydrogen (secondary N) is 3. The van der Waals surface area contributed by atoms with Crippen LogP contribution in [0.25, 0.3) is 10.9 Å². The lowest BCUT2D eigenvalue weighted by molar-refractivity contribution is 0.102. The second-order valence-corrected chi connectivity index (χ2v) is 5.31. The van der Waals surface area contributed by atoms with E-state index < -0.39 is 6.09 Å². The van der Waals surface area contributed by atoms with Gasteiger partial charge in [-0.25, -0.2) is 4.79 Å². The fourth-order valence-corrected chi connectivity index (χ4v) is 2.45. The zero-order valence-electron chi connectivity index (χ0n) is 13.7. The molecule has 0 radical (unpaired) electrons. The third-order valence-corrected chi connectivity index (χ3v) is 3.61. The van der Waals surface area contributed by atoms with Crippen molar-refractivity contribution in [2.75, 3.05) is 11.9 Å². The van der Waals surface area contributed by atoms with Gasteiger partial charge in [0.05, 0.1) is 24.5 Å². The quantitative estimate of drug-likeness (QED) is 0.666. The van der Waals surface area contributed by atoms with E-state index in [2.05, 4.69) is 20.6 Å². The van der Waals surface area contributed by atoms with Crippen molar-refractivity contribution in [3.8, 4) is 0 Å². The van der Waals surface area contributed by atoms with E-state index >= 15 is 0 Å². The highest BCUT2D eigenvalue weighted by Gasteiger charge is 2.10. The number of fused-ring (bicyclic) bond motifs is 1. The molecule has 25 heavy (non-hydrogen) atoms. The molecule has 2 heterocycles. The molecule has 7 heteroatoms. The summed E-state index contributed by atoms with van der Waals surface area (Å²) in [5.41, 5.74) is 2.71. The summed E-state index contributed by atoms with van der Waals surface area (Å²) < 4.78 is 4.79. The highest BCUT2D eigenvalue weighted by Crippen LogP contribution is 2.22.